The molecule has 5 heteroatoms. The van der Waals surface area contributed by atoms with E-state index in [1.54, 1.807) is 7.11 Å². The lowest BCUT2D eigenvalue weighted by Gasteiger charge is -2.11. The van der Waals surface area contributed by atoms with Crippen LogP contribution in [-0.4, -0.2) is 20.3 Å². The van der Waals surface area contributed by atoms with Gasteiger partial charge in [0.2, 0.25) is 0 Å². The van der Waals surface area contributed by atoms with Gasteiger partial charge in [-0.25, -0.2) is 0 Å². The average molecular weight is 354 g/mol. The quantitative estimate of drug-likeness (QED) is 0.695. The van der Waals surface area contributed by atoms with Gasteiger partial charge in [-0.1, -0.05) is 35.3 Å². The molecular weight excluding hydrogens is 333 g/mol. The van der Waals surface area contributed by atoms with Crippen LogP contribution in [0.1, 0.15) is 18.1 Å². The van der Waals surface area contributed by atoms with Gasteiger partial charge >= 0.3 is 0 Å². The van der Waals surface area contributed by atoms with Gasteiger partial charge in [-0.2, -0.15) is 0 Å². The molecule has 3 nitrogen and oxygen atoms in total. The molecular formula is C18H21Cl2NO2. The molecule has 0 fully saturated rings. The highest BCUT2D eigenvalue weighted by molar-refractivity contribution is 6.37. The number of hydrogen-bond acceptors (Lipinski definition) is 3. The molecule has 0 radical (unpaired) electrons. The Labute approximate surface area is 147 Å². The van der Waals surface area contributed by atoms with E-state index in [2.05, 4.69) is 17.4 Å². The Bertz CT molecular complexity index is 606. The van der Waals surface area contributed by atoms with Crippen LogP contribution in [0.2, 0.25) is 10.0 Å². The van der Waals surface area contributed by atoms with Crippen molar-refractivity contribution in [3.63, 3.8) is 0 Å². The normalized spacial score (nSPS) is 10.6. The zero-order valence-corrected chi connectivity index (χ0v) is 14.9. The molecule has 2 rings (SSSR count). The molecule has 0 aliphatic rings. The van der Waals surface area contributed by atoms with Crippen molar-refractivity contribution in [2.75, 3.05) is 20.3 Å². The second kappa shape index (κ2) is 9.02. The predicted octanol–water partition coefficient (Wildman–Crippen LogP) is 4.73. The second-order valence-electron chi connectivity index (χ2n) is 5.10. The largest absolute Gasteiger partial charge is 0.497 e. The summed E-state index contributed by atoms with van der Waals surface area (Å²) in [7, 11) is 1.67. The van der Waals surface area contributed by atoms with Crippen LogP contribution in [0.15, 0.2) is 36.4 Å². The Hall–Kier alpha value is -1.42. The lowest BCUT2D eigenvalue weighted by Crippen LogP contribution is -2.16. The summed E-state index contributed by atoms with van der Waals surface area (Å²) in [5.41, 5.74) is 2.30. The fourth-order valence-corrected chi connectivity index (χ4v) is 2.90. The Morgan fingerprint density at radius 2 is 1.65 bits per heavy atom. The van der Waals surface area contributed by atoms with E-state index in [1.807, 2.05) is 31.2 Å². The van der Waals surface area contributed by atoms with E-state index in [0.717, 1.165) is 24.3 Å². The third-order valence-electron chi connectivity index (χ3n) is 3.43. The summed E-state index contributed by atoms with van der Waals surface area (Å²) in [6, 6.07) is 11.9. The van der Waals surface area contributed by atoms with Gasteiger partial charge in [-0.05, 0) is 55.3 Å². The molecule has 0 spiro atoms. The number of methoxy groups -OCH3 is 1. The van der Waals surface area contributed by atoms with E-state index in [-0.39, 0.29) is 0 Å². The van der Waals surface area contributed by atoms with Crippen LogP contribution in [0.25, 0.3) is 0 Å². The fraction of sp³-hybridized carbons (Fsp3) is 0.333. The highest BCUT2D eigenvalue weighted by Gasteiger charge is 2.09. The number of ether oxygens (including phenoxy) is 2. The van der Waals surface area contributed by atoms with Crippen molar-refractivity contribution in [3.8, 4) is 11.5 Å². The summed E-state index contributed by atoms with van der Waals surface area (Å²) in [4.78, 5) is 0. The number of rotatable bonds is 8. The minimum absolute atomic E-state index is 0.541. The molecule has 2 aromatic carbocycles. The van der Waals surface area contributed by atoms with E-state index >= 15 is 0 Å². The van der Waals surface area contributed by atoms with Crippen molar-refractivity contribution in [2.45, 2.75) is 19.9 Å². The van der Waals surface area contributed by atoms with Crippen LogP contribution < -0.4 is 14.8 Å². The van der Waals surface area contributed by atoms with Gasteiger partial charge < -0.3 is 14.8 Å². The molecule has 23 heavy (non-hydrogen) atoms. The fourth-order valence-electron chi connectivity index (χ4n) is 2.25. The van der Waals surface area contributed by atoms with Crippen molar-refractivity contribution in [1.29, 1.82) is 0 Å². The third-order valence-corrected chi connectivity index (χ3v) is 3.99. The lowest BCUT2D eigenvalue weighted by molar-refractivity contribution is 0.340. The van der Waals surface area contributed by atoms with Gasteiger partial charge in [0, 0.05) is 6.54 Å². The molecule has 0 unspecified atom stereocenters. The minimum atomic E-state index is 0.541. The average Bonchev–Trinajstić information content (AvgIpc) is 2.55. The molecule has 0 bridgehead atoms. The number of halogens is 2. The number of hydrogen-bond donors (Lipinski definition) is 1. The molecule has 0 aromatic heterocycles. The molecule has 0 saturated carbocycles. The van der Waals surface area contributed by atoms with Gasteiger partial charge in [-0.3, -0.25) is 0 Å². The van der Waals surface area contributed by atoms with Crippen LogP contribution in [0.5, 0.6) is 11.5 Å². The summed E-state index contributed by atoms with van der Waals surface area (Å²) in [5.74, 6) is 1.43. The maximum absolute atomic E-state index is 6.20. The van der Waals surface area contributed by atoms with Gasteiger partial charge in [0.15, 0.2) is 5.75 Å². The van der Waals surface area contributed by atoms with E-state index in [0.29, 0.717) is 28.9 Å². The van der Waals surface area contributed by atoms with Crippen molar-refractivity contribution in [1.82, 2.24) is 5.32 Å². The van der Waals surface area contributed by atoms with Gasteiger partial charge in [0.05, 0.1) is 23.8 Å². The highest BCUT2D eigenvalue weighted by Crippen LogP contribution is 2.34. The number of benzene rings is 2. The van der Waals surface area contributed by atoms with Crippen LogP contribution in [0.3, 0.4) is 0 Å². The van der Waals surface area contributed by atoms with Crippen LogP contribution >= 0.6 is 23.2 Å². The van der Waals surface area contributed by atoms with Crippen molar-refractivity contribution < 1.29 is 9.47 Å². The SMILES string of the molecule is CCOc1c(Cl)cc(CNCCc2ccc(OC)cc2)cc1Cl. The molecule has 0 atom stereocenters. The zero-order chi connectivity index (χ0) is 16.7. The number of nitrogens with one attached hydrogen (secondary N) is 1. The topological polar surface area (TPSA) is 30.5 Å². The molecule has 0 amide bonds. The molecule has 0 aliphatic carbocycles. The first-order valence-electron chi connectivity index (χ1n) is 7.58. The first-order valence-corrected chi connectivity index (χ1v) is 8.34. The van der Waals surface area contributed by atoms with Crippen LogP contribution in [0, 0.1) is 0 Å². The Kier molecular flexibility index (Phi) is 7.03. The Morgan fingerprint density at radius 3 is 2.22 bits per heavy atom. The van der Waals surface area contributed by atoms with E-state index < -0.39 is 0 Å². The maximum atomic E-state index is 6.20. The van der Waals surface area contributed by atoms with Crippen molar-refractivity contribution >= 4 is 23.2 Å². The second-order valence-corrected chi connectivity index (χ2v) is 5.91. The van der Waals surface area contributed by atoms with Gasteiger partial charge in [-0.15, -0.1) is 0 Å². The molecule has 0 saturated heterocycles. The molecule has 2 aromatic rings. The zero-order valence-electron chi connectivity index (χ0n) is 13.4. The Morgan fingerprint density at radius 1 is 1.00 bits per heavy atom. The standard InChI is InChI=1S/C18H21Cl2NO2/c1-3-23-18-16(19)10-14(11-17(18)20)12-21-9-8-13-4-6-15(22-2)7-5-13/h4-7,10-11,21H,3,8-9,12H2,1-2H3. The first kappa shape index (κ1) is 17.9. The highest BCUT2D eigenvalue weighted by atomic mass is 35.5. The predicted molar refractivity (Wildman–Crippen MR) is 96.0 cm³/mol. The summed E-state index contributed by atoms with van der Waals surface area (Å²) in [6.07, 6.45) is 0.947. The third kappa shape index (κ3) is 5.31. The molecule has 0 heterocycles. The van der Waals surface area contributed by atoms with Crippen molar-refractivity contribution in [3.05, 3.63) is 57.6 Å². The van der Waals surface area contributed by atoms with E-state index in [9.17, 15) is 0 Å². The van der Waals surface area contributed by atoms with E-state index in [4.69, 9.17) is 32.7 Å². The first-order chi connectivity index (χ1) is 11.1. The van der Waals surface area contributed by atoms with Crippen LogP contribution in [0.4, 0.5) is 0 Å². The summed E-state index contributed by atoms with van der Waals surface area (Å²) in [5, 5.41) is 4.49. The molecule has 0 aliphatic heterocycles. The minimum Gasteiger partial charge on any atom is -0.497 e. The molecule has 1 N–H and O–H groups in total. The summed E-state index contributed by atoms with van der Waals surface area (Å²) in [6.45, 7) is 4.02. The van der Waals surface area contributed by atoms with Crippen LogP contribution in [-0.2, 0) is 13.0 Å². The van der Waals surface area contributed by atoms with Gasteiger partial charge in [0.25, 0.3) is 0 Å². The molecule has 124 valence electrons. The van der Waals surface area contributed by atoms with Crippen molar-refractivity contribution in [2.24, 2.45) is 0 Å². The van der Waals surface area contributed by atoms with E-state index in [1.165, 1.54) is 5.56 Å². The maximum Gasteiger partial charge on any atom is 0.156 e. The Balaban J connectivity index is 1.84. The summed E-state index contributed by atoms with van der Waals surface area (Å²) >= 11 is 12.4. The monoisotopic (exact) mass is 353 g/mol. The van der Waals surface area contributed by atoms with Gasteiger partial charge in [0.1, 0.15) is 5.75 Å². The summed E-state index contributed by atoms with van der Waals surface area (Å²) < 4.78 is 10.6. The lowest BCUT2D eigenvalue weighted by atomic mass is 10.1. The smallest absolute Gasteiger partial charge is 0.156 e.